The summed E-state index contributed by atoms with van der Waals surface area (Å²) in [5.74, 6) is 6.26. The third-order valence-electron chi connectivity index (χ3n) is 3.72. The first-order chi connectivity index (χ1) is 9.13. The minimum atomic E-state index is -0.0412. The number of nitrogen functional groups attached to an aromatic ring is 1. The molecular formula is C15H23N3O. The highest BCUT2D eigenvalue weighted by Gasteiger charge is 2.26. The topological polar surface area (TPSA) is 67.2 Å². The SMILES string of the molecule is CCC(CC1CC1)NC(=O)c1ccc(C)cc1NN. The van der Waals surface area contributed by atoms with Gasteiger partial charge in [0.2, 0.25) is 0 Å². The molecule has 1 fully saturated rings. The van der Waals surface area contributed by atoms with E-state index in [0.717, 1.165) is 24.3 Å². The number of hydrazine groups is 1. The van der Waals surface area contributed by atoms with Crippen LogP contribution >= 0.6 is 0 Å². The van der Waals surface area contributed by atoms with Gasteiger partial charge in [-0.25, -0.2) is 0 Å². The number of rotatable bonds is 6. The van der Waals surface area contributed by atoms with E-state index >= 15 is 0 Å². The molecule has 1 saturated carbocycles. The number of hydrogen-bond acceptors (Lipinski definition) is 3. The van der Waals surface area contributed by atoms with Crippen LogP contribution in [0.3, 0.4) is 0 Å². The average Bonchev–Trinajstić information content (AvgIpc) is 3.21. The van der Waals surface area contributed by atoms with Crippen molar-refractivity contribution >= 4 is 11.6 Å². The van der Waals surface area contributed by atoms with Crippen molar-refractivity contribution in [3.8, 4) is 0 Å². The van der Waals surface area contributed by atoms with Gasteiger partial charge >= 0.3 is 0 Å². The van der Waals surface area contributed by atoms with Crippen molar-refractivity contribution in [3.63, 3.8) is 0 Å². The minimum Gasteiger partial charge on any atom is -0.349 e. The molecule has 1 aromatic rings. The zero-order chi connectivity index (χ0) is 13.8. The summed E-state index contributed by atoms with van der Waals surface area (Å²) in [6, 6.07) is 5.91. The molecule has 19 heavy (non-hydrogen) atoms. The van der Waals surface area contributed by atoms with Gasteiger partial charge in [0.05, 0.1) is 11.3 Å². The van der Waals surface area contributed by atoms with Gasteiger partial charge in [0.25, 0.3) is 5.91 Å². The highest BCUT2D eigenvalue weighted by atomic mass is 16.1. The second-order valence-corrected chi connectivity index (χ2v) is 5.45. The largest absolute Gasteiger partial charge is 0.349 e. The van der Waals surface area contributed by atoms with E-state index in [0.29, 0.717) is 11.3 Å². The first-order valence-corrected chi connectivity index (χ1v) is 7.02. The van der Waals surface area contributed by atoms with Crippen LogP contribution in [0.2, 0.25) is 0 Å². The molecule has 104 valence electrons. The molecule has 4 heteroatoms. The van der Waals surface area contributed by atoms with Crippen molar-refractivity contribution < 1.29 is 4.79 Å². The van der Waals surface area contributed by atoms with Gasteiger partial charge in [-0.15, -0.1) is 0 Å². The molecule has 2 rings (SSSR count). The van der Waals surface area contributed by atoms with Crippen molar-refractivity contribution in [2.45, 2.75) is 45.6 Å². The Labute approximate surface area is 114 Å². The van der Waals surface area contributed by atoms with Crippen molar-refractivity contribution in [1.82, 2.24) is 5.32 Å². The van der Waals surface area contributed by atoms with E-state index in [1.807, 2.05) is 25.1 Å². The van der Waals surface area contributed by atoms with E-state index in [-0.39, 0.29) is 11.9 Å². The van der Waals surface area contributed by atoms with Gasteiger partial charge in [-0.05, 0) is 43.4 Å². The van der Waals surface area contributed by atoms with E-state index in [1.54, 1.807) is 0 Å². The summed E-state index contributed by atoms with van der Waals surface area (Å²) in [4.78, 5) is 12.3. The number of amides is 1. The lowest BCUT2D eigenvalue weighted by Gasteiger charge is -2.18. The molecule has 1 amide bonds. The number of nitrogens with one attached hydrogen (secondary N) is 2. The van der Waals surface area contributed by atoms with Crippen molar-refractivity contribution in [2.24, 2.45) is 11.8 Å². The minimum absolute atomic E-state index is 0.0412. The maximum absolute atomic E-state index is 12.3. The van der Waals surface area contributed by atoms with Crippen molar-refractivity contribution in [2.75, 3.05) is 5.43 Å². The molecule has 4 nitrogen and oxygen atoms in total. The number of anilines is 1. The molecule has 1 aliphatic carbocycles. The van der Waals surface area contributed by atoms with E-state index in [4.69, 9.17) is 5.84 Å². The third-order valence-corrected chi connectivity index (χ3v) is 3.72. The van der Waals surface area contributed by atoms with Gasteiger partial charge in [0, 0.05) is 6.04 Å². The molecule has 1 aliphatic rings. The smallest absolute Gasteiger partial charge is 0.253 e. The average molecular weight is 261 g/mol. The Kier molecular flexibility index (Phi) is 4.43. The fourth-order valence-electron chi connectivity index (χ4n) is 2.32. The third kappa shape index (κ3) is 3.70. The molecule has 0 aromatic heterocycles. The molecule has 0 saturated heterocycles. The van der Waals surface area contributed by atoms with E-state index in [9.17, 15) is 4.79 Å². The lowest BCUT2D eigenvalue weighted by atomic mass is 10.1. The van der Waals surface area contributed by atoms with Crippen LogP contribution in [0.1, 0.15) is 48.5 Å². The number of hydrogen-bond donors (Lipinski definition) is 3. The Hall–Kier alpha value is -1.55. The summed E-state index contributed by atoms with van der Waals surface area (Å²) < 4.78 is 0. The molecule has 0 aliphatic heterocycles. The van der Waals surface area contributed by atoms with Crippen LogP contribution in [0.25, 0.3) is 0 Å². The van der Waals surface area contributed by atoms with E-state index < -0.39 is 0 Å². The Bertz CT molecular complexity index is 455. The molecule has 0 radical (unpaired) electrons. The summed E-state index contributed by atoms with van der Waals surface area (Å²) in [6.45, 7) is 4.09. The van der Waals surface area contributed by atoms with Gasteiger partial charge in [0.15, 0.2) is 0 Å². The Morgan fingerprint density at radius 2 is 2.21 bits per heavy atom. The molecule has 0 heterocycles. The van der Waals surface area contributed by atoms with Crippen molar-refractivity contribution in [1.29, 1.82) is 0 Å². The second kappa shape index (κ2) is 6.06. The number of benzene rings is 1. The highest BCUT2D eigenvalue weighted by molar-refractivity contribution is 5.99. The van der Waals surface area contributed by atoms with Crippen LogP contribution in [0.4, 0.5) is 5.69 Å². The number of carbonyl (C=O) groups is 1. The predicted octanol–water partition coefficient (Wildman–Crippen LogP) is 2.59. The lowest BCUT2D eigenvalue weighted by molar-refractivity contribution is 0.0933. The van der Waals surface area contributed by atoms with Crippen LogP contribution in [-0.2, 0) is 0 Å². The Morgan fingerprint density at radius 3 is 2.79 bits per heavy atom. The Morgan fingerprint density at radius 1 is 1.47 bits per heavy atom. The second-order valence-electron chi connectivity index (χ2n) is 5.45. The van der Waals surface area contributed by atoms with Crippen LogP contribution in [0, 0.1) is 12.8 Å². The maximum Gasteiger partial charge on any atom is 0.253 e. The standard InChI is InChI=1S/C15H23N3O/c1-3-12(9-11-5-6-11)17-15(19)13-7-4-10(2)8-14(13)18-16/h4,7-8,11-12,18H,3,5-6,9,16H2,1-2H3,(H,17,19). The molecule has 4 N–H and O–H groups in total. The van der Waals surface area contributed by atoms with Gasteiger partial charge < -0.3 is 10.7 Å². The van der Waals surface area contributed by atoms with Gasteiger partial charge in [-0.3, -0.25) is 10.6 Å². The van der Waals surface area contributed by atoms with E-state index in [2.05, 4.69) is 17.7 Å². The molecule has 0 spiro atoms. The summed E-state index contributed by atoms with van der Waals surface area (Å²) in [5, 5.41) is 3.11. The first kappa shape index (κ1) is 13.9. The zero-order valence-corrected chi connectivity index (χ0v) is 11.7. The summed E-state index contributed by atoms with van der Waals surface area (Å²) >= 11 is 0. The summed E-state index contributed by atoms with van der Waals surface area (Å²) in [6.07, 6.45) is 4.69. The summed E-state index contributed by atoms with van der Waals surface area (Å²) in [7, 11) is 0. The fourth-order valence-corrected chi connectivity index (χ4v) is 2.32. The van der Waals surface area contributed by atoms with Crippen LogP contribution in [0.15, 0.2) is 18.2 Å². The number of carbonyl (C=O) groups excluding carboxylic acids is 1. The van der Waals surface area contributed by atoms with E-state index in [1.165, 1.54) is 12.8 Å². The molecule has 1 aromatic carbocycles. The monoisotopic (exact) mass is 261 g/mol. The maximum atomic E-state index is 12.3. The highest BCUT2D eigenvalue weighted by Crippen LogP contribution is 2.34. The van der Waals surface area contributed by atoms with Gasteiger partial charge in [-0.1, -0.05) is 25.8 Å². The molecule has 1 unspecified atom stereocenters. The number of aryl methyl sites for hydroxylation is 1. The van der Waals surface area contributed by atoms with Crippen LogP contribution < -0.4 is 16.6 Å². The van der Waals surface area contributed by atoms with Gasteiger partial charge in [-0.2, -0.15) is 0 Å². The molecule has 0 bridgehead atoms. The van der Waals surface area contributed by atoms with Crippen LogP contribution in [0.5, 0.6) is 0 Å². The predicted molar refractivity (Wildman–Crippen MR) is 77.9 cm³/mol. The zero-order valence-electron chi connectivity index (χ0n) is 11.7. The molecule has 1 atom stereocenters. The normalized spacial score (nSPS) is 15.9. The van der Waals surface area contributed by atoms with Crippen LogP contribution in [-0.4, -0.2) is 11.9 Å². The Balaban J connectivity index is 2.05. The summed E-state index contributed by atoms with van der Waals surface area (Å²) in [5.41, 5.74) is 4.97. The quantitative estimate of drug-likeness (QED) is 0.544. The first-order valence-electron chi connectivity index (χ1n) is 7.02. The molecular weight excluding hydrogens is 238 g/mol. The van der Waals surface area contributed by atoms with Gasteiger partial charge in [0.1, 0.15) is 0 Å². The lowest BCUT2D eigenvalue weighted by Crippen LogP contribution is -2.35. The number of nitrogens with two attached hydrogens (primary N) is 1. The fraction of sp³-hybridized carbons (Fsp3) is 0.533. The van der Waals surface area contributed by atoms with Crippen molar-refractivity contribution in [3.05, 3.63) is 29.3 Å².